The fourth-order valence-electron chi connectivity index (χ4n) is 0. The minimum absolute atomic E-state index is 0. The third kappa shape index (κ3) is 192. The molecule has 0 amide bonds. The molecular weight excluding hydrogens is 387 g/mol. The summed E-state index contributed by atoms with van der Waals surface area (Å²) in [7, 11) is 0. The second kappa shape index (κ2) is 17.2. The summed E-state index contributed by atoms with van der Waals surface area (Å²) in [5.74, 6) is -1.67. The van der Waals surface area contributed by atoms with Crippen LogP contribution in [0.4, 0.5) is 0 Å². The molecule has 4 nitrogen and oxygen atoms in total. The number of hydrogen-bond donors (Lipinski definition) is 2. The summed E-state index contributed by atoms with van der Waals surface area (Å²) in [6, 6.07) is 0. The van der Waals surface area contributed by atoms with Gasteiger partial charge in [-0.05, 0) is 0 Å². The maximum Gasteiger partial charge on any atom is 2.00 e. The Labute approximate surface area is 146 Å². The molecule has 0 atom stereocenters. The van der Waals surface area contributed by atoms with E-state index in [9.17, 15) is 0 Å². The van der Waals surface area contributed by atoms with E-state index in [1.54, 1.807) is 0 Å². The molecule has 0 rings (SSSR count). The molecule has 0 aliphatic rings. The molecular formula is C4H12Ba2O4. The second-order valence-corrected chi connectivity index (χ2v) is 1.04. The van der Waals surface area contributed by atoms with Gasteiger partial charge in [-0.3, -0.25) is 9.59 Å². The first-order valence-electron chi connectivity index (χ1n) is 1.86. The molecule has 0 spiro atoms. The maximum atomic E-state index is 9.00. The van der Waals surface area contributed by atoms with Crippen molar-refractivity contribution in [2.24, 2.45) is 0 Å². The molecule has 10 heavy (non-hydrogen) atoms. The average molecular weight is 399 g/mol. The van der Waals surface area contributed by atoms with Crippen molar-refractivity contribution in [1.29, 1.82) is 0 Å². The van der Waals surface area contributed by atoms with E-state index >= 15 is 0 Å². The molecule has 0 aromatic carbocycles. The zero-order valence-electron chi connectivity index (χ0n) is 10.1. The van der Waals surface area contributed by atoms with E-state index in [1.807, 2.05) is 0 Å². The van der Waals surface area contributed by atoms with Gasteiger partial charge in [0.2, 0.25) is 0 Å². The SMILES string of the molecule is CC(=O)O.CC(=O)O.[Ba+2].[Ba+2].[H-].[H-].[H-].[H-]. The number of aliphatic carboxylic acids is 2. The molecule has 0 radical (unpaired) electrons. The van der Waals surface area contributed by atoms with Crippen molar-refractivity contribution in [1.82, 2.24) is 0 Å². The summed E-state index contributed by atoms with van der Waals surface area (Å²) in [4.78, 5) is 18.0. The van der Waals surface area contributed by atoms with Crippen molar-refractivity contribution in [2.75, 3.05) is 0 Å². The van der Waals surface area contributed by atoms with Gasteiger partial charge in [0.1, 0.15) is 0 Å². The zero-order chi connectivity index (χ0) is 7.15. The molecule has 6 heteroatoms. The molecule has 0 saturated carbocycles. The van der Waals surface area contributed by atoms with Gasteiger partial charge in [-0.15, -0.1) is 0 Å². The van der Waals surface area contributed by atoms with Gasteiger partial charge in [-0.2, -0.15) is 0 Å². The molecule has 0 aliphatic carbocycles. The van der Waals surface area contributed by atoms with Gasteiger partial charge in [0, 0.05) is 13.8 Å². The maximum absolute atomic E-state index is 9.00. The van der Waals surface area contributed by atoms with Crippen molar-refractivity contribution >= 4 is 110 Å². The quantitative estimate of drug-likeness (QED) is 0.558. The summed E-state index contributed by atoms with van der Waals surface area (Å²) >= 11 is 0. The Morgan fingerprint density at radius 1 is 1.00 bits per heavy atom. The van der Waals surface area contributed by atoms with Crippen LogP contribution in [0.1, 0.15) is 19.6 Å². The van der Waals surface area contributed by atoms with Crippen molar-refractivity contribution in [3.63, 3.8) is 0 Å². The molecule has 2 N–H and O–H groups in total. The van der Waals surface area contributed by atoms with Gasteiger partial charge in [0.25, 0.3) is 11.9 Å². The summed E-state index contributed by atoms with van der Waals surface area (Å²) in [6.45, 7) is 2.17. The zero-order valence-corrected chi connectivity index (χ0v) is 15.0. The van der Waals surface area contributed by atoms with Gasteiger partial charge in [-0.1, -0.05) is 0 Å². The van der Waals surface area contributed by atoms with Crippen LogP contribution in [-0.4, -0.2) is 120 Å². The molecule has 0 saturated heterocycles. The summed E-state index contributed by atoms with van der Waals surface area (Å²) < 4.78 is 0. The van der Waals surface area contributed by atoms with Gasteiger partial charge in [0.15, 0.2) is 0 Å². The van der Waals surface area contributed by atoms with Crippen LogP contribution in [0.15, 0.2) is 0 Å². The van der Waals surface area contributed by atoms with Gasteiger partial charge in [0.05, 0.1) is 0 Å². The first kappa shape index (κ1) is 22.7. The van der Waals surface area contributed by atoms with Gasteiger partial charge >= 0.3 is 97.8 Å². The summed E-state index contributed by atoms with van der Waals surface area (Å²) in [5, 5.41) is 14.8. The van der Waals surface area contributed by atoms with Crippen molar-refractivity contribution < 1.29 is 25.5 Å². The van der Waals surface area contributed by atoms with E-state index in [1.165, 1.54) is 0 Å². The first-order chi connectivity index (χ1) is 3.46. The number of carboxylic acid groups (broad SMARTS) is 2. The Hall–Kier alpha value is 2.08. The van der Waals surface area contributed by atoms with Crippen molar-refractivity contribution in [3.05, 3.63) is 0 Å². The standard InChI is InChI=1S/2C2H4O2.2Ba.4H/c2*1-2(3)4;;;;;;/h2*1H3,(H,3,4);;;;;;/q;;2*+2;4*-1. The van der Waals surface area contributed by atoms with E-state index in [0.717, 1.165) is 13.8 Å². The second-order valence-electron chi connectivity index (χ2n) is 1.04. The van der Waals surface area contributed by atoms with Crippen LogP contribution >= 0.6 is 0 Å². The molecule has 0 bridgehead atoms. The molecule has 0 unspecified atom stereocenters. The Bertz CT molecular complexity index is 85.3. The fraction of sp³-hybridized carbons (Fsp3) is 0.500. The van der Waals surface area contributed by atoms with Crippen LogP contribution < -0.4 is 0 Å². The minimum Gasteiger partial charge on any atom is -1.00 e. The Morgan fingerprint density at radius 2 is 1.00 bits per heavy atom. The van der Waals surface area contributed by atoms with Crippen LogP contribution in [0.25, 0.3) is 0 Å². The molecule has 0 heterocycles. The minimum atomic E-state index is -0.833. The Balaban J connectivity index is -0.00000000600. The smallest absolute Gasteiger partial charge is 1.00 e. The number of rotatable bonds is 0. The topological polar surface area (TPSA) is 74.6 Å². The average Bonchev–Trinajstić information content (AvgIpc) is 1.25. The normalized spacial score (nSPS) is 5.00. The molecule has 0 fully saturated rings. The molecule has 0 aliphatic heterocycles. The van der Waals surface area contributed by atoms with Crippen LogP contribution in [-0.2, 0) is 9.59 Å². The number of carboxylic acids is 2. The van der Waals surface area contributed by atoms with Gasteiger partial charge in [-0.25, -0.2) is 0 Å². The number of hydrogen-bond acceptors (Lipinski definition) is 2. The molecule has 56 valence electrons. The summed E-state index contributed by atoms with van der Waals surface area (Å²) in [6.07, 6.45) is 0. The van der Waals surface area contributed by atoms with Crippen LogP contribution in [0.2, 0.25) is 0 Å². The van der Waals surface area contributed by atoms with E-state index < -0.39 is 11.9 Å². The van der Waals surface area contributed by atoms with Crippen LogP contribution in [0.3, 0.4) is 0 Å². The predicted octanol–water partition coefficient (Wildman–Crippen LogP) is -0.130. The molecule has 0 aromatic rings. The van der Waals surface area contributed by atoms with E-state index in [2.05, 4.69) is 0 Å². The van der Waals surface area contributed by atoms with E-state index in [4.69, 9.17) is 19.8 Å². The van der Waals surface area contributed by atoms with Gasteiger partial charge < -0.3 is 15.9 Å². The Morgan fingerprint density at radius 3 is 1.00 bits per heavy atom. The number of carbonyl (C=O) groups is 2. The monoisotopic (exact) mass is 400 g/mol. The summed E-state index contributed by atoms with van der Waals surface area (Å²) in [5.41, 5.74) is 0. The van der Waals surface area contributed by atoms with E-state index in [-0.39, 0.29) is 103 Å². The van der Waals surface area contributed by atoms with E-state index in [0.29, 0.717) is 0 Å². The predicted molar refractivity (Wildman–Crippen MR) is 42.6 cm³/mol. The van der Waals surface area contributed by atoms with Crippen LogP contribution in [0.5, 0.6) is 0 Å². The third-order valence-electron chi connectivity index (χ3n) is 0. The molecule has 0 aromatic heterocycles. The largest absolute Gasteiger partial charge is 2.00 e. The van der Waals surface area contributed by atoms with Crippen molar-refractivity contribution in [2.45, 2.75) is 13.8 Å². The Kier molecular flexibility index (Phi) is 39.2. The van der Waals surface area contributed by atoms with Crippen LogP contribution in [0, 0.1) is 0 Å². The third-order valence-corrected chi connectivity index (χ3v) is 0. The first-order valence-corrected chi connectivity index (χ1v) is 1.86. The van der Waals surface area contributed by atoms with Crippen molar-refractivity contribution in [3.8, 4) is 0 Å². The fourth-order valence-corrected chi connectivity index (χ4v) is 0.